The van der Waals surface area contributed by atoms with Gasteiger partial charge in [0.15, 0.2) is 0 Å². The summed E-state index contributed by atoms with van der Waals surface area (Å²) in [7, 11) is 0. The second-order valence-corrected chi connectivity index (χ2v) is 6.58. The van der Waals surface area contributed by atoms with Gasteiger partial charge >= 0.3 is 5.97 Å². The molecule has 1 amide bonds. The van der Waals surface area contributed by atoms with Crippen LogP contribution < -0.4 is 5.32 Å². The minimum absolute atomic E-state index is 0.0224. The van der Waals surface area contributed by atoms with Crippen molar-refractivity contribution in [3.8, 4) is 0 Å². The summed E-state index contributed by atoms with van der Waals surface area (Å²) in [6, 6.07) is 0. The summed E-state index contributed by atoms with van der Waals surface area (Å²) in [5.41, 5.74) is -0.278. The average Bonchev–Trinajstić information content (AvgIpc) is 2.74. The van der Waals surface area contributed by atoms with Crippen LogP contribution in [0.5, 0.6) is 0 Å². The van der Waals surface area contributed by atoms with Crippen molar-refractivity contribution in [2.75, 3.05) is 0 Å². The number of hydrogen-bond acceptors (Lipinski definition) is 3. The van der Waals surface area contributed by atoms with Crippen LogP contribution in [-0.4, -0.2) is 32.3 Å². The number of amides is 1. The van der Waals surface area contributed by atoms with E-state index in [-0.39, 0.29) is 17.9 Å². The van der Waals surface area contributed by atoms with Crippen LogP contribution in [-0.2, 0) is 10.3 Å². The molecule has 112 valence electrons. The Labute approximate surface area is 119 Å². The van der Waals surface area contributed by atoms with E-state index in [4.69, 9.17) is 5.11 Å². The second-order valence-electron chi connectivity index (χ2n) is 6.58. The number of nitrogens with zero attached hydrogens (tertiary/aromatic N) is 2. The highest BCUT2D eigenvalue weighted by atomic mass is 16.4. The predicted octanol–water partition coefficient (Wildman–Crippen LogP) is 2.01. The van der Waals surface area contributed by atoms with Gasteiger partial charge in [0.1, 0.15) is 0 Å². The van der Waals surface area contributed by atoms with E-state index in [0.717, 1.165) is 0 Å². The molecule has 0 saturated heterocycles. The molecular formula is C14H23N3O3. The topological polar surface area (TPSA) is 84.2 Å². The fourth-order valence-corrected chi connectivity index (χ4v) is 1.67. The number of aliphatic carboxylic acids is 1. The quantitative estimate of drug-likeness (QED) is 0.864. The first-order valence-corrected chi connectivity index (χ1v) is 6.61. The summed E-state index contributed by atoms with van der Waals surface area (Å²) in [6.45, 7) is 9.61. The summed E-state index contributed by atoms with van der Waals surface area (Å²) >= 11 is 0. The van der Waals surface area contributed by atoms with Crippen LogP contribution in [0.3, 0.4) is 0 Å². The van der Waals surface area contributed by atoms with Crippen LogP contribution in [0.2, 0.25) is 0 Å². The van der Waals surface area contributed by atoms with Gasteiger partial charge in [-0.15, -0.1) is 0 Å². The van der Waals surface area contributed by atoms with Gasteiger partial charge in [0.25, 0.3) is 5.91 Å². The first-order valence-electron chi connectivity index (χ1n) is 6.61. The van der Waals surface area contributed by atoms with E-state index >= 15 is 0 Å². The molecule has 0 radical (unpaired) electrons. The molecule has 0 spiro atoms. The van der Waals surface area contributed by atoms with Crippen LogP contribution >= 0.6 is 0 Å². The van der Waals surface area contributed by atoms with E-state index in [1.807, 2.05) is 34.6 Å². The molecule has 20 heavy (non-hydrogen) atoms. The number of carboxylic acid groups (broad SMARTS) is 1. The summed E-state index contributed by atoms with van der Waals surface area (Å²) in [5.74, 6) is -1.11. The highest BCUT2D eigenvalue weighted by molar-refractivity contribution is 5.94. The molecule has 0 bridgehead atoms. The van der Waals surface area contributed by atoms with Crippen LogP contribution in [0.1, 0.15) is 57.8 Å². The molecule has 0 saturated carbocycles. The zero-order chi connectivity index (χ0) is 15.6. The molecule has 0 fully saturated rings. The Morgan fingerprint density at radius 3 is 2.35 bits per heavy atom. The van der Waals surface area contributed by atoms with Gasteiger partial charge in [-0.2, -0.15) is 5.10 Å². The maximum Gasteiger partial charge on any atom is 0.303 e. The van der Waals surface area contributed by atoms with Crippen molar-refractivity contribution in [1.29, 1.82) is 0 Å². The largest absolute Gasteiger partial charge is 0.481 e. The lowest BCUT2D eigenvalue weighted by atomic mass is 9.98. The molecule has 1 aromatic rings. The smallest absolute Gasteiger partial charge is 0.303 e. The van der Waals surface area contributed by atoms with Gasteiger partial charge in [-0.1, -0.05) is 0 Å². The third-order valence-electron chi connectivity index (χ3n) is 2.95. The molecule has 0 aliphatic carbocycles. The standard InChI is InChI=1S/C14H23N3O3/c1-13(2,3)17-9-10(8-15-17)12(20)16-14(4,5)7-6-11(18)19/h8-9H,6-7H2,1-5H3,(H,16,20)(H,18,19). The summed E-state index contributed by atoms with van der Waals surface area (Å²) in [4.78, 5) is 22.7. The third-order valence-corrected chi connectivity index (χ3v) is 2.95. The average molecular weight is 281 g/mol. The van der Waals surface area contributed by atoms with Crippen molar-refractivity contribution in [3.05, 3.63) is 18.0 Å². The third kappa shape index (κ3) is 4.68. The van der Waals surface area contributed by atoms with Crippen molar-refractivity contribution < 1.29 is 14.7 Å². The van der Waals surface area contributed by atoms with Crippen LogP contribution in [0.15, 0.2) is 12.4 Å². The lowest BCUT2D eigenvalue weighted by Gasteiger charge is -2.25. The predicted molar refractivity (Wildman–Crippen MR) is 75.6 cm³/mol. The summed E-state index contributed by atoms with van der Waals surface area (Å²) in [6.07, 6.45) is 3.62. The summed E-state index contributed by atoms with van der Waals surface area (Å²) < 4.78 is 1.73. The maximum absolute atomic E-state index is 12.1. The van der Waals surface area contributed by atoms with Gasteiger partial charge in [0.05, 0.1) is 17.3 Å². The van der Waals surface area contributed by atoms with Crippen molar-refractivity contribution in [3.63, 3.8) is 0 Å². The van der Waals surface area contributed by atoms with Crippen molar-refractivity contribution in [2.45, 2.75) is 58.5 Å². The number of hydrogen-bond donors (Lipinski definition) is 2. The number of carbonyl (C=O) groups excluding carboxylic acids is 1. The fraction of sp³-hybridized carbons (Fsp3) is 0.643. The number of nitrogens with one attached hydrogen (secondary N) is 1. The van der Waals surface area contributed by atoms with E-state index < -0.39 is 11.5 Å². The Hall–Kier alpha value is -1.85. The van der Waals surface area contributed by atoms with Crippen LogP contribution in [0.25, 0.3) is 0 Å². The molecule has 1 aromatic heterocycles. The molecule has 6 nitrogen and oxygen atoms in total. The lowest BCUT2D eigenvalue weighted by Crippen LogP contribution is -2.43. The molecular weight excluding hydrogens is 258 g/mol. The van der Waals surface area contributed by atoms with E-state index in [0.29, 0.717) is 12.0 Å². The number of aromatic nitrogens is 2. The number of rotatable bonds is 5. The van der Waals surface area contributed by atoms with Crippen LogP contribution in [0, 0.1) is 0 Å². The zero-order valence-electron chi connectivity index (χ0n) is 12.7. The summed E-state index contributed by atoms with van der Waals surface area (Å²) in [5, 5.41) is 15.7. The minimum Gasteiger partial charge on any atom is -0.481 e. The number of carbonyl (C=O) groups is 2. The Morgan fingerprint density at radius 2 is 1.90 bits per heavy atom. The first kappa shape index (κ1) is 16.2. The van der Waals surface area contributed by atoms with E-state index in [1.54, 1.807) is 10.9 Å². The Morgan fingerprint density at radius 1 is 1.30 bits per heavy atom. The maximum atomic E-state index is 12.1. The Balaban J connectivity index is 2.71. The molecule has 0 atom stereocenters. The van der Waals surface area contributed by atoms with E-state index in [1.165, 1.54) is 6.20 Å². The molecule has 0 aromatic carbocycles. The second kappa shape index (κ2) is 5.64. The molecule has 1 heterocycles. The molecule has 0 aliphatic rings. The first-order chi connectivity index (χ1) is 9.01. The SMILES string of the molecule is CC(C)(CCC(=O)O)NC(=O)c1cnn(C(C)(C)C)c1. The fourth-order valence-electron chi connectivity index (χ4n) is 1.67. The van der Waals surface area contributed by atoms with Gasteiger partial charge in [-0.3, -0.25) is 14.3 Å². The van der Waals surface area contributed by atoms with Crippen molar-refractivity contribution in [1.82, 2.24) is 15.1 Å². The number of carboxylic acids is 1. The molecule has 6 heteroatoms. The molecule has 2 N–H and O–H groups in total. The van der Waals surface area contributed by atoms with Gasteiger partial charge in [-0.25, -0.2) is 0 Å². The molecule has 0 unspecified atom stereocenters. The highest BCUT2D eigenvalue weighted by Crippen LogP contribution is 2.15. The van der Waals surface area contributed by atoms with E-state index in [2.05, 4.69) is 10.4 Å². The zero-order valence-corrected chi connectivity index (χ0v) is 12.7. The Bertz CT molecular complexity index is 498. The van der Waals surface area contributed by atoms with Crippen LogP contribution in [0.4, 0.5) is 0 Å². The normalized spacial score (nSPS) is 12.2. The van der Waals surface area contributed by atoms with Gasteiger partial charge in [0, 0.05) is 18.2 Å². The molecule has 0 aliphatic heterocycles. The Kier molecular flexibility index (Phi) is 4.57. The van der Waals surface area contributed by atoms with Gasteiger partial charge < -0.3 is 10.4 Å². The lowest BCUT2D eigenvalue weighted by molar-refractivity contribution is -0.137. The van der Waals surface area contributed by atoms with Crippen molar-refractivity contribution >= 4 is 11.9 Å². The monoisotopic (exact) mass is 281 g/mol. The van der Waals surface area contributed by atoms with Gasteiger partial charge in [0.2, 0.25) is 0 Å². The van der Waals surface area contributed by atoms with E-state index in [9.17, 15) is 9.59 Å². The van der Waals surface area contributed by atoms with Crippen molar-refractivity contribution in [2.24, 2.45) is 0 Å². The van der Waals surface area contributed by atoms with Gasteiger partial charge in [-0.05, 0) is 41.0 Å². The minimum atomic E-state index is -0.868. The highest BCUT2D eigenvalue weighted by Gasteiger charge is 2.24. The molecule has 1 rings (SSSR count).